The highest BCUT2D eigenvalue weighted by atomic mass is 16.5. The van der Waals surface area contributed by atoms with E-state index in [4.69, 9.17) is 19.9 Å². The first kappa shape index (κ1) is 22.3. The molecule has 3 aromatic rings. The van der Waals surface area contributed by atoms with Gasteiger partial charge in [-0.25, -0.2) is 19.6 Å². The lowest BCUT2D eigenvalue weighted by atomic mass is 10.1. The summed E-state index contributed by atoms with van der Waals surface area (Å²) < 4.78 is 14.7. The average molecular weight is 437 g/mol. The highest BCUT2D eigenvalue weighted by Gasteiger charge is 2.15. The van der Waals surface area contributed by atoms with Crippen LogP contribution in [0.15, 0.2) is 48.8 Å². The van der Waals surface area contributed by atoms with Crippen molar-refractivity contribution in [2.45, 2.75) is 6.54 Å². The second-order valence-corrected chi connectivity index (χ2v) is 6.59. The van der Waals surface area contributed by atoms with Crippen molar-refractivity contribution in [3.8, 4) is 5.75 Å². The molecule has 1 heterocycles. The maximum Gasteiger partial charge on any atom is 0.337 e. The van der Waals surface area contributed by atoms with Gasteiger partial charge in [0.2, 0.25) is 0 Å². The van der Waals surface area contributed by atoms with E-state index in [0.717, 1.165) is 11.3 Å². The fourth-order valence-corrected chi connectivity index (χ4v) is 2.87. The molecule has 4 N–H and O–H groups in total. The summed E-state index contributed by atoms with van der Waals surface area (Å²) in [6.45, 7) is 0.481. The minimum atomic E-state index is -0.601. The number of aromatic nitrogens is 2. The average Bonchev–Trinajstić information content (AvgIpc) is 2.83. The topological polar surface area (TPSA) is 138 Å². The van der Waals surface area contributed by atoms with Crippen molar-refractivity contribution in [3.05, 3.63) is 65.5 Å². The predicted molar refractivity (Wildman–Crippen MR) is 119 cm³/mol. The molecule has 0 aliphatic carbocycles. The predicted octanol–water partition coefficient (Wildman–Crippen LogP) is 3.00. The molecule has 3 rings (SSSR count). The van der Waals surface area contributed by atoms with E-state index in [1.165, 1.54) is 38.7 Å². The van der Waals surface area contributed by atoms with Gasteiger partial charge >= 0.3 is 11.9 Å². The Bertz CT molecular complexity index is 1080. The Morgan fingerprint density at radius 2 is 1.50 bits per heavy atom. The lowest BCUT2D eigenvalue weighted by Crippen LogP contribution is -2.10. The van der Waals surface area contributed by atoms with Gasteiger partial charge in [-0.2, -0.15) is 0 Å². The molecule has 10 heteroatoms. The fraction of sp³-hybridized carbons (Fsp3) is 0.182. The van der Waals surface area contributed by atoms with Gasteiger partial charge in [-0.15, -0.1) is 0 Å². The van der Waals surface area contributed by atoms with E-state index in [-0.39, 0.29) is 16.8 Å². The molecule has 0 aliphatic heterocycles. The van der Waals surface area contributed by atoms with Crippen LogP contribution in [-0.2, 0) is 16.0 Å². The molecule has 0 atom stereocenters. The summed E-state index contributed by atoms with van der Waals surface area (Å²) in [5.74, 6) is 0.292. The zero-order valence-electron chi connectivity index (χ0n) is 17.8. The van der Waals surface area contributed by atoms with Gasteiger partial charge in [-0.3, -0.25) is 0 Å². The van der Waals surface area contributed by atoms with Crippen LogP contribution in [0, 0.1) is 0 Å². The monoisotopic (exact) mass is 437 g/mol. The van der Waals surface area contributed by atoms with Gasteiger partial charge < -0.3 is 30.6 Å². The summed E-state index contributed by atoms with van der Waals surface area (Å²) in [5, 5.41) is 6.18. The van der Waals surface area contributed by atoms with Crippen LogP contribution in [0.25, 0.3) is 0 Å². The van der Waals surface area contributed by atoms with Gasteiger partial charge in [0, 0.05) is 12.2 Å². The van der Waals surface area contributed by atoms with Crippen LogP contribution < -0.4 is 21.1 Å². The lowest BCUT2D eigenvalue weighted by Gasteiger charge is -2.14. The smallest absolute Gasteiger partial charge is 0.337 e. The van der Waals surface area contributed by atoms with Crippen LogP contribution in [0.1, 0.15) is 26.3 Å². The van der Waals surface area contributed by atoms with Gasteiger partial charge in [-0.1, -0.05) is 12.1 Å². The molecule has 32 heavy (non-hydrogen) atoms. The van der Waals surface area contributed by atoms with Crippen LogP contribution in [0.5, 0.6) is 5.75 Å². The van der Waals surface area contributed by atoms with Gasteiger partial charge in [0.05, 0.1) is 32.5 Å². The molecule has 0 aliphatic rings. The number of nitrogens with two attached hydrogens (primary N) is 1. The van der Waals surface area contributed by atoms with E-state index < -0.39 is 11.9 Å². The van der Waals surface area contributed by atoms with E-state index in [0.29, 0.717) is 23.9 Å². The van der Waals surface area contributed by atoms with Crippen LogP contribution in [0.3, 0.4) is 0 Å². The summed E-state index contributed by atoms with van der Waals surface area (Å²) in [4.78, 5) is 32.3. The molecule has 10 nitrogen and oxygen atoms in total. The standard InChI is InChI=1S/C22H23N5O5/c1-30-17-6-4-13(5-7-17)11-24-19-18(23)20(26-12-25-19)27-16-9-14(21(28)31-2)8-15(10-16)22(29)32-3/h4-10,12H,11,23H2,1-3H3,(H2,24,25,26,27). The number of anilines is 4. The van der Waals surface area contributed by atoms with Crippen molar-refractivity contribution < 1.29 is 23.8 Å². The number of nitrogens with zero attached hydrogens (tertiary/aromatic N) is 2. The van der Waals surface area contributed by atoms with Gasteiger partial charge in [0.1, 0.15) is 17.8 Å². The highest BCUT2D eigenvalue weighted by molar-refractivity contribution is 5.97. The van der Waals surface area contributed by atoms with Gasteiger partial charge in [0.25, 0.3) is 0 Å². The Balaban J connectivity index is 1.83. The van der Waals surface area contributed by atoms with Crippen molar-refractivity contribution in [2.75, 3.05) is 37.7 Å². The zero-order valence-corrected chi connectivity index (χ0v) is 17.8. The Hall–Kier alpha value is -4.34. The first-order chi connectivity index (χ1) is 15.4. The van der Waals surface area contributed by atoms with Crippen molar-refractivity contribution in [2.24, 2.45) is 0 Å². The number of hydrogen-bond donors (Lipinski definition) is 3. The molecule has 166 valence electrons. The summed E-state index contributed by atoms with van der Waals surface area (Å²) >= 11 is 0. The number of hydrogen-bond acceptors (Lipinski definition) is 10. The maximum absolute atomic E-state index is 12.0. The van der Waals surface area contributed by atoms with Crippen molar-refractivity contribution in [1.29, 1.82) is 0 Å². The van der Waals surface area contributed by atoms with E-state index in [1.54, 1.807) is 7.11 Å². The summed E-state index contributed by atoms with van der Waals surface area (Å²) in [7, 11) is 4.12. The maximum atomic E-state index is 12.0. The lowest BCUT2D eigenvalue weighted by molar-refractivity contribution is 0.0599. The van der Waals surface area contributed by atoms with E-state index in [1.807, 2.05) is 24.3 Å². The number of rotatable bonds is 8. The molecule has 0 saturated carbocycles. The number of methoxy groups -OCH3 is 3. The normalized spacial score (nSPS) is 10.2. The molecule has 0 unspecified atom stereocenters. The summed E-state index contributed by atoms with van der Waals surface area (Å²) in [5.41, 5.74) is 8.25. The minimum Gasteiger partial charge on any atom is -0.497 e. The first-order valence-electron chi connectivity index (χ1n) is 9.51. The molecule has 0 amide bonds. The van der Waals surface area contributed by atoms with E-state index in [9.17, 15) is 9.59 Å². The minimum absolute atomic E-state index is 0.170. The van der Waals surface area contributed by atoms with Crippen molar-refractivity contribution in [1.82, 2.24) is 9.97 Å². The van der Waals surface area contributed by atoms with Crippen LogP contribution in [0.2, 0.25) is 0 Å². The van der Waals surface area contributed by atoms with Crippen molar-refractivity contribution >= 4 is 34.9 Å². The number of ether oxygens (including phenoxy) is 3. The first-order valence-corrected chi connectivity index (χ1v) is 9.51. The molecule has 0 spiro atoms. The summed E-state index contributed by atoms with van der Waals surface area (Å²) in [6.07, 6.45) is 1.35. The van der Waals surface area contributed by atoms with Gasteiger partial charge in [-0.05, 0) is 35.9 Å². The molecule has 2 aromatic carbocycles. The molecule has 0 fully saturated rings. The number of carbonyl (C=O) groups excluding carboxylic acids is 2. The SMILES string of the molecule is COC(=O)c1cc(Nc2ncnc(NCc3ccc(OC)cc3)c2N)cc(C(=O)OC)c1. The Morgan fingerprint density at radius 3 is 2.06 bits per heavy atom. The Morgan fingerprint density at radius 1 is 0.906 bits per heavy atom. The Labute approximate surface area is 184 Å². The van der Waals surface area contributed by atoms with Crippen LogP contribution >= 0.6 is 0 Å². The molecular formula is C22H23N5O5. The van der Waals surface area contributed by atoms with E-state index >= 15 is 0 Å². The fourth-order valence-electron chi connectivity index (χ4n) is 2.87. The van der Waals surface area contributed by atoms with Gasteiger partial charge in [0.15, 0.2) is 11.6 Å². The second-order valence-electron chi connectivity index (χ2n) is 6.59. The summed E-state index contributed by atoms with van der Waals surface area (Å²) in [6, 6.07) is 12.0. The molecule has 1 aromatic heterocycles. The second kappa shape index (κ2) is 10.1. The third-order valence-electron chi connectivity index (χ3n) is 4.54. The molecular weight excluding hydrogens is 414 g/mol. The largest absolute Gasteiger partial charge is 0.497 e. The Kier molecular flexibility index (Phi) is 7.06. The number of carbonyl (C=O) groups is 2. The molecule has 0 radical (unpaired) electrons. The quantitative estimate of drug-likeness (QED) is 0.451. The number of nitrogens with one attached hydrogen (secondary N) is 2. The van der Waals surface area contributed by atoms with Crippen molar-refractivity contribution in [3.63, 3.8) is 0 Å². The van der Waals surface area contributed by atoms with Crippen LogP contribution in [0.4, 0.5) is 23.0 Å². The molecule has 0 saturated heterocycles. The molecule has 0 bridgehead atoms. The number of nitrogen functional groups attached to an aromatic ring is 1. The van der Waals surface area contributed by atoms with Crippen LogP contribution in [-0.4, -0.2) is 43.2 Å². The van der Waals surface area contributed by atoms with E-state index in [2.05, 4.69) is 20.6 Å². The zero-order chi connectivity index (χ0) is 23.1. The number of benzene rings is 2. The third kappa shape index (κ3) is 5.22. The third-order valence-corrected chi connectivity index (χ3v) is 4.54. The number of esters is 2. The highest BCUT2D eigenvalue weighted by Crippen LogP contribution is 2.27.